The molecule has 0 spiro atoms. The zero-order valence-electron chi connectivity index (χ0n) is 26.1. The van der Waals surface area contributed by atoms with Gasteiger partial charge < -0.3 is 14.6 Å². The molecular formula is C34H52O6. The molecule has 0 bridgehead atoms. The molecular weight excluding hydrogens is 504 g/mol. The number of carbonyl (C=O) groups is 3. The molecule has 0 unspecified atom stereocenters. The highest BCUT2D eigenvalue weighted by molar-refractivity contribution is 5.78. The van der Waals surface area contributed by atoms with Crippen LogP contribution >= 0.6 is 0 Å². The number of hydrogen-bond donors (Lipinski definition) is 1. The Morgan fingerprint density at radius 2 is 1.38 bits per heavy atom. The van der Waals surface area contributed by atoms with Crippen LogP contribution in [0.1, 0.15) is 113 Å². The average molecular weight is 557 g/mol. The second kappa shape index (κ2) is 9.33. The zero-order valence-corrected chi connectivity index (χ0v) is 26.1. The molecule has 1 N–H and O–H groups in total. The second-order valence-corrected chi connectivity index (χ2v) is 15.8. The molecule has 0 heterocycles. The van der Waals surface area contributed by atoms with E-state index in [-0.39, 0.29) is 57.5 Å². The first-order valence-corrected chi connectivity index (χ1v) is 15.7. The van der Waals surface area contributed by atoms with Crippen molar-refractivity contribution in [2.45, 2.75) is 125 Å². The Hall–Kier alpha value is -1.85. The van der Waals surface area contributed by atoms with Crippen molar-refractivity contribution < 1.29 is 29.0 Å². The fourth-order valence-corrected chi connectivity index (χ4v) is 12.3. The number of fused-ring (bicyclic) bond motifs is 7. The molecule has 0 saturated heterocycles. The van der Waals surface area contributed by atoms with Crippen LogP contribution in [-0.4, -0.2) is 35.2 Å². The Kier molecular flexibility index (Phi) is 6.91. The van der Waals surface area contributed by atoms with Crippen molar-refractivity contribution in [2.24, 2.45) is 56.7 Å². The number of carboxylic acids is 1. The molecule has 5 aliphatic carbocycles. The average Bonchev–Trinajstić information content (AvgIpc) is 3.23. The van der Waals surface area contributed by atoms with E-state index < -0.39 is 17.5 Å². The van der Waals surface area contributed by atoms with Crippen molar-refractivity contribution >= 4 is 17.9 Å². The van der Waals surface area contributed by atoms with Crippen LogP contribution in [-0.2, 0) is 23.9 Å². The van der Waals surface area contributed by atoms with Gasteiger partial charge in [0.15, 0.2) is 0 Å². The molecule has 11 atom stereocenters. The SMILES string of the molecule is C=C(C)[C@@H]1CC[C@@]2(C(=O)O)[C@@H]1[C@@H]1CC[C@H]3[C@@]4(C)CC[C@@H](OC(C)=O)C(C)(C)[C@H]4CC[C@@]3(C)[C@]1(C)C[C@@H]2OC(C)=O. The summed E-state index contributed by atoms with van der Waals surface area (Å²) in [5.41, 5.74) is -0.178. The molecule has 0 aromatic rings. The van der Waals surface area contributed by atoms with Crippen LogP contribution in [0.4, 0.5) is 0 Å². The lowest BCUT2D eigenvalue weighted by atomic mass is 9.32. The van der Waals surface area contributed by atoms with Crippen molar-refractivity contribution in [1.82, 2.24) is 0 Å². The molecule has 5 aliphatic rings. The third-order valence-corrected chi connectivity index (χ3v) is 14.0. The van der Waals surface area contributed by atoms with Gasteiger partial charge >= 0.3 is 17.9 Å². The minimum absolute atomic E-state index is 0.0171. The van der Waals surface area contributed by atoms with Crippen molar-refractivity contribution in [1.29, 1.82) is 0 Å². The maximum atomic E-state index is 13.2. The molecule has 5 fully saturated rings. The summed E-state index contributed by atoms with van der Waals surface area (Å²) in [5.74, 6) is -0.179. The quantitative estimate of drug-likeness (QED) is 0.291. The topological polar surface area (TPSA) is 89.9 Å². The Bertz CT molecular complexity index is 1110. The van der Waals surface area contributed by atoms with E-state index in [4.69, 9.17) is 9.47 Å². The molecule has 5 rings (SSSR count). The Morgan fingerprint density at radius 3 is 1.95 bits per heavy atom. The van der Waals surface area contributed by atoms with Crippen molar-refractivity contribution in [3.63, 3.8) is 0 Å². The van der Waals surface area contributed by atoms with E-state index >= 15 is 0 Å². The van der Waals surface area contributed by atoms with Crippen LogP contribution in [0.25, 0.3) is 0 Å². The summed E-state index contributed by atoms with van der Waals surface area (Å²) >= 11 is 0. The van der Waals surface area contributed by atoms with Gasteiger partial charge in [-0.05, 0) is 111 Å². The number of rotatable bonds is 4. The summed E-state index contributed by atoms with van der Waals surface area (Å²) in [6.07, 6.45) is 7.37. The number of esters is 2. The van der Waals surface area contributed by atoms with E-state index in [1.54, 1.807) is 0 Å². The maximum absolute atomic E-state index is 13.2. The van der Waals surface area contributed by atoms with Gasteiger partial charge in [0.2, 0.25) is 0 Å². The lowest BCUT2D eigenvalue weighted by molar-refractivity contribution is -0.266. The molecule has 0 radical (unpaired) electrons. The van der Waals surface area contributed by atoms with Gasteiger partial charge in [-0.2, -0.15) is 0 Å². The van der Waals surface area contributed by atoms with E-state index in [0.717, 1.165) is 50.5 Å². The molecule has 40 heavy (non-hydrogen) atoms. The normalized spacial score (nSPS) is 49.0. The minimum Gasteiger partial charge on any atom is -0.481 e. The minimum atomic E-state index is -1.05. The summed E-state index contributed by atoms with van der Waals surface area (Å²) in [6, 6.07) is 0. The van der Waals surface area contributed by atoms with E-state index in [9.17, 15) is 19.5 Å². The first kappa shape index (κ1) is 29.6. The highest BCUT2D eigenvalue weighted by atomic mass is 16.5. The van der Waals surface area contributed by atoms with Crippen LogP contribution in [0.3, 0.4) is 0 Å². The number of hydrogen-bond acceptors (Lipinski definition) is 5. The van der Waals surface area contributed by atoms with E-state index in [1.165, 1.54) is 13.8 Å². The lowest BCUT2D eigenvalue weighted by Crippen LogP contribution is -2.69. The van der Waals surface area contributed by atoms with Crippen molar-refractivity contribution in [3.05, 3.63) is 12.2 Å². The van der Waals surface area contributed by atoms with Gasteiger partial charge in [-0.1, -0.05) is 46.8 Å². The van der Waals surface area contributed by atoms with Gasteiger partial charge in [-0.15, -0.1) is 0 Å². The highest BCUT2D eigenvalue weighted by Crippen LogP contribution is 2.77. The summed E-state index contributed by atoms with van der Waals surface area (Å²) in [4.78, 5) is 37.6. The number of allylic oxidation sites excluding steroid dienone is 1. The zero-order chi connectivity index (χ0) is 29.6. The third kappa shape index (κ3) is 3.75. The molecule has 5 saturated carbocycles. The first-order valence-electron chi connectivity index (χ1n) is 15.7. The summed E-state index contributed by atoms with van der Waals surface area (Å²) in [5, 5.41) is 10.8. The molecule has 224 valence electrons. The second-order valence-electron chi connectivity index (χ2n) is 15.8. The van der Waals surface area contributed by atoms with Crippen molar-refractivity contribution in [3.8, 4) is 0 Å². The predicted molar refractivity (Wildman–Crippen MR) is 153 cm³/mol. The number of carboxylic acid groups (broad SMARTS) is 1. The van der Waals surface area contributed by atoms with Gasteiger partial charge in [0.1, 0.15) is 17.6 Å². The van der Waals surface area contributed by atoms with E-state index in [0.29, 0.717) is 24.7 Å². The van der Waals surface area contributed by atoms with Gasteiger partial charge in [-0.25, -0.2) is 0 Å². The molecule has 0 aromatic heterocycles. The molecule has 0 aliphatic heterocycles. The highest BCUT2D eigenvalue weighted by Gasteiger charge is 2.75. The Labute approximate surface area is 241 Å². The van der Waals surface area contributed by atoms with Crippen LogP contribution < -0.4 is 0 Å². The first-order chi connectivity index (χ1) is 18.5. The molecule has 6 nitrogen and oxygen atoms in total. The van der Waals surface area contributed by atoms with Crippen LogP contribution in [0.15, 0.2) is 12.2 Å². The largest absolute Gasteiger partial charge is 0.481 e. The van der Waals surface area contributed by atoms with Crippen molar-refractivity contribution in [2.75, 3.05) is 0 Å². The Balaban J connectivity index is 1.59. The van der Waals surface area contributed by atoms with E-state index in [1.807, 2.05) is 0 Å². The predicted octanol–water partition coefficient (Wildman–Crippen LogP) is 7.20. The fourth-order valence-electron chi connectivity index (χ4n) is 12.3. The lowest BCUT2D eigenvalue weighted by Gasteiger charge is -2.73. The number of ether oxygens (including phenoxy) is 2. The molecule has 0 aromatic carbocycles. The monoisotopic (exact) mass is 556 g/mol. The Morgan fingerprint density at radius 1 is 0.750 bits per heavy atom. The van der Waals surface area contributed by atoms with E-state index in [2.05, 4.69) is 48.1 Å². The van der Waals surface area contributed by atoms with Crippen LogP contribution in [0.2, 0.25) is 0 Å². The number of aliphatic carboxylic acids is 1. The summed E-state index contributed by atoms with van der Waals surface area (Å²) in [6.45, 7) is 21.3. The summed E-state index contributed by atoms with van der Waals surface area (Å²) in [7, 11) is 0. The van der Waals surface area contributed by atoms with Gasteiger partial charge in [0, 0.05) is 19.3 Å². The smallest absolute Gasteiger partial charge is 0.313 e. The molecule has 0 amide bonds. The van der Waals surface area contributed by atoms with Gasteiger partial charge in [-0.3, -0.25) is 14.4 Å². The maximum Gasteiger partial charge on any atom is 0.313 e. The van der Waals surface area contributed by atoms with Gasteiger partial charge in [0.05, 0.1) is 0 Å². The van der Waals surface area contributed by atoms with Gasteiger partial charge in [0.25, 0.3) is 0 Å². The summed E-state index contributed by atoms with van der Waals surface area (Å²) < 4.78 is 11.9. The molecule has 6 heteroatoms. The fraction of sp³-hybridized carbons (Fsp3) is 0.853. The van der Waals surface area contributed by atoms with Crippen LogP contribution in [0, 0.1) is 56.7 Å². The number of carbonyl (C=O) groups excluding carboxylic acids is 2. The standard InChI is InChI=1S/C34H52O6/c1-19(2)22-12-17-34(29(37)38)27(40-21(4)36)18-33(9)23(28(22)34)10-11-25-31(7)15-14-26(39-20(3)35)30(5,6)24(31)13-16-32(25,33)8/h22-28H,1,10-18H2,2-9H3,(H,37,38)/t22-,23-,24+,25-,26+,27-,28-,31-,32+,33+,34-/m0/s1. The third-order valence-electron chi connectivity index (χ3n) is 14.0. The van der Waals surface area contributed by atoms with Crippen LogP contribution in [0.5, 0.6) is 0 Å².